The fourth-order valence-corrected chi connectivity index (χ4v) is 4.42. The summed E-state index contributed by atoms with van der Waals surface area (Å²) in [6, 6.07) is 14.7. The highest BCUT2D eigenvalue weighted by Crippen LogP contribution is 2.36. The van der Waals surface area contributed by atoms with Crippen LogP contribution in [0.4, 0.5) is 10.1 Å². The first-order valence-corrected chi connectivity index (χ1v) is 11.0. The monoisotopic (exact) mass is 436 g/mol. The molecule has 1 aliphatic heterocycles. The Hall–Kier alpha value is -3.19. The number of hydrogen-bond acceptors (Lipinski definition) is 3. The van der Waals surface area contributed by atoms with Crippen LogP contribution in [0.25, 0.3) is 10.9 Å². The number of anilines is 1. The van der Waals surface area contributed by atoms with Crippen molar-refractivity contribution >= 4 is 28.4 Å². The molecule has 0 atom stereocenters. The van der Waals surface area contributed by atoms with Gasteiger partial charge in [-0.1, -0.05) is 30.3 Å². The van der Waals surface area contributed by atoms with Crippen LogP contribution in [0.2, 0.25) is 0 Å². The molecule has 0 saturated carbocycles. The van der Waals surface area contributed by atoms with Crippen LogP contribution in [0.5, 0.6) is 0 Å². The number of fused-ring (bicyclic) bond motifs is 1. The number of aryl methyl sites for hydroxylation is 1. The highest BCUT2D eigenvalue weighted by molar-refractivity contribution is 6.14. The van der Waals surface area contributed by atoms with E-state index < -0.39 is 0 Å². The van der Waals surface area contributed by atoms with Crippen molar-refractivity contribution in [2.24, 2.45) is 7.05 Å². The largest absolute Gasteiger partial charge is 0.351 e. The van der Waals surface area contributed by atoms with Crippen LogP contribution in [-0.2, 0) is 18.4 Å². The Morgan fingerprint density at radius 1 is 1.19 bits per heavy atom. The Bertz CT molecular complexity index is 1130. The van der Waals surface area contributed by atoms with Crippen molar-refractivity contribution in [3.8, 4) is 0 Å². The third kappa shape index (κ3) is 4.53. The molecule has 0 radical (unpaired) electrons. The molecule has 3 aromatic rings. The van der Waals surface area contributed by atoms with Gasteiger partial charge in [-0.05, 0) is 50.2 Å². The third-order valence-corrected chi connectivity index (χ3v) is 5.99. The van der Waals surface area contributed by atoms with Gasteiger partial charge in [0.2, 0.25) is 5.91 Å². The van der Waals surface area contributed by atoms with Crippen molar-refractivity contribution in [2.45, 2.75) is 25.8 Å². The Morgan fingerprint density at radius 2 is 1.97 bits per heavy atom. The molecule has 0 aliphatic carbocycles. The topological polar surface area (TPSA) is 57.6 Å². The summed E-state index contributed by atoms with van der Waals surface area (Å²) in [4.78, 5) is 29.5. The highest BCUT2D eigenvalue weighted by Gasteiger charge is 2.31. The Balaban J connectivity index is 1.46. The maximum atomic E-state index is 14.0. The van der Waals surface area contributed by atoms with E-state index in [0.29, 0.717) is 36.3 Å². The van der Waals surface area contributed by atoms with Crippen LogP contribution in [0.1, 0.15) is 35.3 Å². The molecule has 32 heavy (non-hydrogen) atoms. The van der Waals surface area contributed by atoms with E-state index >= 15 is 0 Å². The molecule has 1 fully saturated rings. The molecular formula is C25H29FN4O2. The summed E-state index contributed by atoms with van der Waals surface area (Å²) < 4.78 is 15.8. The molecule has 168 valence electrons. The standard InChI is InChI=1S/C25H29FN4O2/c1-28(17-18-8-4-3-5-9-18)14-7-13-27-25(32)24-23(30-15-6-10-22(30)31)20-16-19(26)11-12-21(20)29(24)2/h3-5,8-9,11-12,16H,6-7,10,13-15,17H2,1-2H3,(H,27,32). The van der Waals surface area contributed by atoms with E-state index in [9.17, 15) is 14.0 Å². The summed E-state index contributed by atoms with van der Waals surface area (Å²) in [7, 11) is 3.84. The fraction of sp³-hybridized carbons (Fsp3) is 0.360. The van der Waals surface area contributed by atoms with Crippen LogP contribution < -0.4 is 10.2 Å². The Kier molecular flexibility index (Phi) is 6.55. The predicted octanol–water partition coefficient (Wildman–Crippen LogP) is 3.70. The van der Waals surface area contributed by atoms with Crippen LogP contribution >= 0.6 is 0 Å². The fourth-order valence-electron chi connectivity index (χ4n) is 4.42. The van der Waals surface area contributed by atoms with Gasteiger partial charge in [0.15, 0.2) is 0 Å². The lowest BCUT2D eigenvalue weighted by Gasteiger charge is -2.19. The molecule has 7 heteroatoms. The van der Waals surface area contributed by atoms with E-state index in [1.807, 2.05) is 18.2 Å². The first-order chi connectivity index (χ1) is 15.5. The maximum Gasteiger partial charge on any atom is 0.270 e. The van der Waals surface area contributed by atoms with E-state index in [1.54, 1.807) is 22.6 Å². The number of carbonyl (C=O) groups excluding carboxylic acids is 2. The minimum absolute atomic E-state index is 0.0293. The molecule has 1 aromatic heterocycles. The first kappa shape index (κ1) is 22.0. The second kappa shape index (κ2) is 9.53. The minimum atomic E-state index is -0.385. The van der Waals surface area contributed by atoms with Gasteiger partial charge in [0.05, 0.1) is 11.2 Å². The van der Waals surface area contributed by atoms with Crippen molar-refractivity contribution in [3.05, 3.63) is 65.6 Å². The van der Waals surface area contributed by atoms with Gasteiger partial charge in [-0.3, -0.25) is 9.59 Å². The van der Waals surface area contributed by atoms with E-state index in [-0.39, 0.29) is 17.6 Å². The number of carbonyl (C=O) groups is 2. The first-order valence-electron chi connectivity index (χ1n) is 11.0. The second-order valence-electron chi connectivity index (χ2n) is 8.40. The SMILES string of the molecule is CN(CCCNC(=O)c1c(N2CCCC2=O)c2cc(F)ccc2n1C)Cc1ccccc1. The average molecular weight is 437 g/mol. The number of amides is 2. The van der Waals surface area contributed by atoms with E-state index in [2.05, 4.69) is 29.4 Å². The molecular weight excluding hydrogens is 407 g/mol. The van der Waals surface area contributed by atoms with Gasteiger partial charge in [0.1, 0.15) is 11.5 Å². The number of aromatic nitrogens is 1. The molecule has 2 aromatic carbocycles. The lowest BCUT2D eigenvalue weighted by atomic mass is 10.2. The number of benzene rings is 2. The van der Waals surface area contributed by atoms with Gasteiger partial charge < -0.3 is 19.7 Å². The smallest absolute Gasteiger partial charge is 0.270 e. The maximum absolute atomic E-state index is 14.0. The molecule has 1 saturated heterocycles. The Labute approximate surface area is 187 Å². The van der Waals surface area contributed by atoms with Crippen molar-refractivity contribution < 1.29 is 14.0 Å². The Morgan fingerprint density at radius 3 is 2.69 bits per heavy atom. The number of hydrogen-bond donors (Lipinski definition) is 1. The molecule has 6 nitrogen and oxygen atoms in total. The quantitative estimate of drug-likeness (QED) is 0.548. The molecule has 0 unspecified atom stereocenters. The summed E-state index contributed by atoms with van der Waals surface area (Å²) >= 11 is 0. The number of nitrogens with zero attached hydrogens (tertiary/aromatic N) is 3. The van der Waals surface area contributed by atoms with Gasteiger partial charge in [-0.15, -0.1) is 0 Å². The number of rotatable bonds is 8. The number of halogens is 1. The zero-order valence-corrected chi connectivity index (χ0v) is 18.6. The molecule has 1 aliphatic rings. The summed E-state index contributed by atoms with van der Waals surface area (Å²) in [5, 5.41) is 3.59. The van der Waals surface area contributed by atoms with Crippen LogP contribution in [0, 0.1) is 5.82 Å². The summed E-state index contributed by atoms with van der Waals surface area (Å²) in [5.74, 6) is -0.660. The molecule has 2 heterocycles. The van der Waals surface area contributed by atoms with Crippen LogP contribution in [-0.4, -0.2) is 48.0 Å². The zero-order chi connectivity index (χ0) is 22.7. The summed E-state index contributed by atoms with van der Waals surface area (Å²) in [6.07, 6.45) is 1.98. The van der Waals surface area contributed by atoms with Gasteiger partial charge >= 0.3 is 0 Å². The van der Waals surface area contributed by atoms with Crippen molar-refractivity contribution in [2.75, 3.05) is 31.6 Å². The van der Waals surface area contributed by atoms with E-state index in [4.69, 9.17) is 0 Å². The van der Waals surface area contributed by atoms with Crippen molar-refractivity contribution in [1.29, 1.82) is 0 Å². The lowest BCUT2D eigenvalue weighted by Crippen LogP contribution is -2.32. The normalized spacial score (nSPS) is 14.0. The second-order valence-corrected chi connectivity index (χ2v) is 8.40. The molecule has 2 amide bonds. The van der Waals surface area contributed by atoms with E-state index in [1.165, 1.54) is 17.7 Å². The molecule has 1 N–H and O–H groups in total. The average Bonchev–Trinajstić information content (AvgIpc) is 3.31. The minimum Gasteiger partial charge on any atom is -0.351 e. The zero-order valence-electron chi connectivity index (χ0n) is 18.6. The van der Waals surface area contributed by atoms with Gasteiger partial charge in [-0.25, -0.2) is 4.39 Å². The van der Waals surface area contributed by atoms with Crippen LogP contribution in [0.15, 0.2) is 48.5 Å². The lowest BCUT2D eigenvalue weighted by molar-refractivity contribution is -0.117. The van der Waals surface area contributed by atoms with Gasteiger partial charge in [0, 0.05) is 38.5 Å². The summed E-state index contributed by atoms with van der Waals surface area (Å²) in [5.41, 5.74) is 2.90. The van der Waals surface area contributed by atoms with Crippen molar-refractivity contribution in [1.82, 2.24) is 14.8 Å². The van der Waals surface area contributed by atoms with E-state index in [0.717, 1.165) is 31.4 Å². The van der Waals surface area contributed by atoms with Crippen LogP contribution in [0.3, 0.4) is 0 Å². The highest BCUT2D eigenvalue weighted by atomic mass is 19.1. The van der Waals surface area contributed by atoms with Gasteiger partial charge in [-0.2, -0.15) is 0 Å². The van der Waals surface area contributed by atoms with Crippen molar-refractivity contribution in [3.63, 3.8) is 0 Å². The molecule has 4 rings (SSSR count). The third-order valence-electron chi connectivity index (χ3n) is 5.99. The molecule has 0 bridgehead atoms. The summed E-state index contributed by atoms with van der Waals surface area (Å²) in [6.45, 7) is 2.75. The van der Waals surface area contributed by atoms with Gasteiger partial charge in [0.25, 0.3) is 5.91 Å². The molecule has 0 spiro atoms. The predicted molar refractivity (Wildman–Crippen MR) is 124 cm³/mol. The number of nitrogens with one attached hydrogen (secondary N) is 1.